The maximum atomic E-state index is 12.4. The fraction of sp³-hybridized carbons (Fsp3) is 0.278. The van der Waals surface area contributed by atoms with Crippen molar-refractivity contribution in [3.8, 4) is 0 Å². The van der Waals surface area contributed by atoms with Crippen molar-refractivity contribution in [1.82, 2.24) is 24.4 Å². The Morgan fingerprint density at radius 1 is 1.04 bits per heavy atom. The second kappa shape index (κ2) is 7.30. The minimum atomic E-state index is -0.325. The quantitative estimate of drug-likeness (QED) is 0.715. The van der Waals surface area contributed by atoms with Gasteiger partial charge in [0.25, 0.3) is 11.1 Å². The number of nitrogens with zero attached hydrogens (tertiary/aromatic N) is 4. The Morgan fingerprint density at radius 3 is 2.58 bits per heavy atom. The van der Waals surface area contributed by atoms with Gasteiger partial charge in [-0.05, 0) is 26.0 Å². The number of carbonyl (C=O) groups is 1. The summed E-state index contributed by atoms with van der Waals surface area (Å²) in [6.07, 6.45) is 2.83. The van der Waals surface area contributed by atoms with Gasteiger partial charge in [-0.15, -0.1) is 0 Å². The number of para-hydroxylation sites is 1. The molecule has 0 spiro atoms. The van der Waals surface area contributed by atoms with Gasteiger partial charge in [0.15, 0.2) is 0 Å². The van der Waals surface area contributed by atoms with Crippen molar-refractivity contribution < 1.29 is 4.79 Å². The average Bonchev–Trinajstić information content (AvgIpc) is 2.64. The van der Waals surface area contributed by atoms with Crippen molar-refractivity contribution in [2.75, 3.05) is 6.54 Å². The zero-order valence-electron chi connectivity index (χ0n) is 14.6. The number of hydrogen-bond acceptors (Lipinski definition) is 5. The van der Waals surface area contributed by atoms with Crippen molar-refractivity contribution >= 4 is 16.8 Å². The molecule has 3 aromatic rings. The van der Waals surface area contributed by atoms with Gasteiger partial charge in [-0.25, -0.2) is 9.97 Å². The molecular weight excluding hydrogens is 334 g/mol. The predicted octanol–water partition coefficient (Wildman–Crippen LogP) is 0.386. The molecule has 0 fully saturated rings. The van der Waals surface area contributed by atoms with E-state index in [2.05, 4.69) is 15.3 Å². The Balaban J connectivity index is 1.63. The van der Waals surface area contributed by atoms with E-state index >= 15 is 0 Å². The largest absolute Gasteiger partial charge is 0.353 e. The van der Waals surface area contributed by atoms with Crippen LogP contribution in [0, 0.1) is 13.8 Å². The van der Waals surface area contributed by atoms with Crippen LogP contribution < -0.4 is 16.4 Å². The molecule has 26 heavy (non-hydrogen) atoms. The first kappa shape index (κ1) is 17.5. The Bertz CT molecular complexity index is 1080. The van der Waals surface area contributed by atoms with Crippen molar-refractivity contribution in [1.29, 1.82) is 0 Å². The van der Waals surface area contributed by atoms with Crippen LogP contribution in [-0.2, 0) is 17.9 Å². The summed E-state index contributed by atoms with van der Waals surface area (Å²) in [7, 11) is 0. The maximum absolute atomic E-state index is 12.4. The molecular formula is C18H19N5O3. The summed E-state index contributed by atoms with van der Waals surface area (Å²) in [5.41, 5.74) is 1.49. The molecule has 1 amide bonds. The second-order valence-corrected chi connectivity index (χ2v) is 6.00. The van der Waals surface area contributed by atoms with E-state index in [4.69, 9.17) is 0 Å². The lowest BCUT2D eigenvalue weighted by atomic mass is 10.2. The predicted molar refractivity (Wildman–Crippen MR) is 97.0 cm³/mol. The SMILES string of the molecule is Cc1ncn(CCNC(=O)Cn2cnc3ccccc3c2=O)c(=O)c1C. The van der Waals surface area contributed by atoms with Gasteiger partial charge in [0, 0.05) is 24.3 Å². The van der Waals surface area contributed by atoms with E-state index in [9.17, 15) is 14.4 Å². The highest BCUT2D eigenvalue weighted by atomic mass is 16.2. The molecule has 0 aliphatic carbocycles. The van der Waals surface area contributed by atoms with Crippen LogP contribution in [0.5, 0.6) is 0 Å². The molecule has 1 N–H and O–H groups in total. The summed E-state index contributed by atoms with van der Waals surface area (Å²) in [6, 6.07) is 6.98. The fourth-order valence-corrected chi connectivity index (χ4v) is 2.58. The number of aryl methyl sites for hydroxylation is 1. The number of hydrogen-bond donors (Lipinski definition) is 1. The highest BCUT2D eigenvalue weighted by Gasteiger charge is 2.08. The van der Waals surface area contributed by atoms with Gasteiger partial charge in [-0.1, -0.05) is 12.1 Å². The summed E-state index contributed by atoms with van der Waals surface area (Å²) in [4.78, 5) is 44.9. The molecule has 0 saturated carbocycles. The third kappa shape index (κ3) is 3.53. The molecule has 8 heteroatoms. The van der Waals surface area contributed by atoms with Crippen LogP contribution in [0.3, 0.4) is 0 Å². The Labute approximate surface area is 149 Å². The zero-order chi connectivity index (χ0) is 18.7. The van der Waals surface area contributed by atoms with Gasteiger partial charge in [0.1, 0.15) is 6.54 Å². The molecule has 0 bridgehead atoms. The lowest BCUT2D eigenvalue weighted by Gasteiger charge is -2.10. The minimum absolute atomic E-state index is 0.123. The summed E-state index contributed by atoms with van der Waals surface area (Å²) in [5.74, 6) is -0.325. The molecule has 134 valence electrons. The van der Waals surface area contributed by atoms with Crippen molar-refractivity contribution in [3.63, 3.8) is 0 Å². The van der Waals surface area contributed by atoms with Gasteiger partial charge in [-0.2, -0.15) is 0 Å². The maximum Gasteiger partial charge on any atom is 0.261 e. The molecule has 0 aliphatic heterocycles. The standard InChI is InChI=1S/C18H19N5O3/c1-12-13(2)20-10-22(17(12)25)8-7-19-16(24)9-23-11-21-15-6-4-3-5-14(15)18(23)26/h3-6,10-11H,7-9H2,1-2H3,(H,19,24). The highest BCUT2D eigenvalue weighted by Crippen LogP contribution is 2.04. The summed E-state index contributed by atoms with van der Waals surface area (Å²) in [5, 5.41) is 3.17. The normalized spacial score (nSPS) is 10.8. The number of nitrogens with one attached hydrogen (secondary N) is 1. The van der Waals surface area contributed by atoms with E-state index in [1.807, 2.05) is 0 Å². The van der Waals surface area contributed by atoms with Crippen LogP contribution in [0.1, 0.15) is 11.3 Å². The van der Waals surface area contributed by atoms with Crippen LogP contribution in [-0.4, -0.2) is 31.6 Å². The van der Waals surface area contributed by atoms with E-state index in [0.717, 1.165) is 0 Å². The third-order valence-corrected chi connectivity index (χ3v) is 4.24. The Morgan fingerprint density at radius 2 is 1.77 bits per heavy atom. The molecule has 0 radical (unpaired) electrons. The van der Waals surface area contributed by atoms with E-state index in [1.54, 1.807) is 38.1 Å². The van der Waals surface area contributed by atoms with Gasteiger partial charge >= 0.3 is 0 Å². The van der Waals surface area contributed by atoms with E-state index in [-0.39, 0.29) is 30.1 Å². The van der Waals surface area contributed by atoms with Crippen molar-refractivity contribution in [2.45, 2.75) is 26.9 Å². The summed E-state index contributed by atoms with van der Waals surface area (Å²) < 4.78 is 2.72. The number of aromatic nitrogens is 4. The first-order valence-electron chi connectivity index (χ1n) is 8.21. The lowest BCUT2D eigenvalue weighted by molar-refractivity contribution is -0.121. The first-order chi connectivity index (χ1) is 12.5. The molecule has 1 aromatic carbocycles. The van der Waals surface area contributed by atoms with Crippen LogP contribution in [0.4, 0.5) is 0 Å². The summed E-state index contributed by atoms with van der Waals surface area (Å²) >= 11 is 0. The highest BCUT2D eigenvalue weighted by molar-refractivity contribution is 5.78. The van der Waals surface area contributed by atoms with Gasteiger partial charge in [0.05, 0.1) is 23.6 Å². The molecule has 3 rings (SSSR count). The molecule has 2 heterocycles. The molecule has 0 saturated heterocycles. The van der Waals surface area contributed by atoms with E-state index in [1.165, 1.54) is 21.8 Å². The minimum Gasteiger partial charge on any atom is -0.353 e. The van der Waals surface area contributed by atoms with Crippen LogP contribution in [0.15, 0.2) is 46.5 Å². The number of fused-ring (bicyclic) bond motifs is 1. The van der Waals surface area contributed by atoms with Crippen molar-refractivity contribution in [3.05, 3.63) is 68.9 Å². The molecule has 0 unspecified atom stereocenters. The topological polar surface area (TPSA) is 98.9 Å². The van der Waals surface area contributed by atoms with Crippen molar-refractivity contribution in [2.24, 2.45) is 0 Å². The zero-order valence-corrected chi connectivity index (χ0v) is 14.6. The summed E-state index contributed by atoms with van der Waals surface area (Å²) in [6.45, 7) is 3.94. The van der Waals surface area contributed by atoms with Gasteiger partial charge < -0.3 is 5.32 Å². The van der Waals surface area contributed by atoms with Gasteiger partial charge in [0.2, 0.25) is 5.91 Å². The fourth-order valence-electron chi connectivity index (χ4n) is 2.58. The average molecular weight is 353 g/mol. The smallest absolute Gasteiger partial charge is 0.261 e. The first-order valence-corrected chi connectivity index (χ1v) is 8.21. The van der Waals surface area contributed by atoms with Gasteiger partial charge in [-0.3, -0.25) is 23.5 Å². The Kier molecular flexibility index (Phi) is 4.92. The number of benzene rings is 1. The molecule has 0 aliphatic rings. The Hall–Kier alpha value is -3.29. The number of carbonyl (C=O) groups excluding carboxylic acids is 1. The lowest BCUT2D eigenvalue weighted by Crippen LogP contribution is -2.35. The van der Waals surface area contributed by atoms with Crippen LogP contribution >= 0.6 is 0 Å². The number of rotatable bonds is 5. The third-order valence-electron chi connectivity index (χ3n) is 4.24. The molecule has 2 aromatic heterocycles. The molecule has 8 nitrogen and oxygen atoms in total. The second-order valence-electron chi connectivity index (χ2n) is 6.00. The van der Waals surface area contributed by atoms with E-state index < -0.39 is 0 Å². The van der Waals surface area contributed by atoms with E-state index in [0.29, 0.717) is 28.7 Å². The monoisotopic (exact) mass is 353 g/mol. The van der Waals surface area contributed by atoms with Crippen LogP contribution in [0.2, 0.25) is 0 Å². The molecule has 0 atom stereocenters. The number of amides is 1. The van der Waals surface area contributed by atoms with Crippen LogP contribution in [0.25, 0.3) is 10.9 Å².